The van der Waals surface area contributed by atoms with Crippen LogP contribution in [0, 0.1) is 13.8 Å². The van der Waals surface area contributed by atoms with E-state index < -0.39 is 26.0 Å². The third kappa shape index (κ3) is 6.62. The van der Waals surface area contributed by atoms with Gasteiger partial charge in [0, 0.05) is 12.1 Å². The number of rotatable bonds is 10. The van der Waals surface area contributed by atoms with E-state index in [1.54, 1.807) is 19.1 Å². The maximum atomic E-state index is 13.0. The number of nitrogen functional groups attached to an aromatic ring is 1. The number of carbonyl (C=O) groups is 1. The molecule has 0 aliphatic rings. The van der Waals surface area contributed by atoms with E-state index in [9.17, 15) is 21.6 Å². The molecule has 0 fully saturated rings. The van der Waals surface area contributed by atoms with Gasteiger partial charge in [0.15, 0.2) is 0 Å². The van der Waals surface area contributed by atoms with E-state index in [2.05, 4.69) is 14.8 Å². The number of amides is 1. The quantitative estimate of drug-likeness (QED) is 0.230. The Kier molecular flexibility index (Phi) is 8.39. The first-order valence-corrected chi connectivity index (χ1v) is 14.3. The van der Waals surface area contributed by atoms with E-state index in [-0.39, 0.29) is 26.7 Å². The number of nitrogens with two attached hydrogens (primary N) is 1. The highest BCUT2D eigenvalue weighted by Crippen LogP contribution is 2.25. The van der Waals surface area contributed by atoms with Gasteiger partial charge >= 0.3 is 0 Å². The van der Waals surface area contributed by atoms with Gasteiger partial charge in [-0.15, -0.1) is 0 Å². The Balaban J connectivity index is 1.83. The van der Waals surface area contributed by atoms with Crippen LogP contribution in [0.5, 0.6) is 0 Å². The van der Waals surface area contributed by atoms with Crippen LogP contribution in [0.15, 0.2) is 70.5 Å². The normalized spacial score (nSPS) is 11.8. The SMILES string of the molecule is CCCCNS(=O)(=O)c1ccc(N)c(NC(=O)c2cccc(S(=O)(=O)Nc3ccc(C)cc3C)c2)c1. The molecule has 9 nitrogen and oxygen atoms in total. The monoisotopic (exact) mass is 530 g/mol. The zero-order chi connectivity index (χ0) is 26.5. The highest BCUT2D eigenvalue weighted by atomic mass is 32.2. The van der Waals surface area contributed by atoms with Crippen molar-refractivity contribution in [1.29, 1.82) is 0 Å². The Morgan fingerprint density at radius 1 is 0.861 bits per heavy atom. The average molecular weight is 531 g/mol. The molecule has 0 unspecified atom stereocenters. The van der Waals surface area contributed by atoms with Crippen LogP contribution in [-0.2, 0) is 20.0 Å². The van der Waals surface area contributed by atoms with E-state index in [0.29, 0.717) is 18.7 Å². The first-order chi connectivity index (χ1) is 16.9. The smallest absolute Gasteiger partial charge is 0.261 e. The van der Waals surface area contributed by atoms with Crippen LogP contribution in [0.2, 0.25) is 0 Å². The van der Waals surface area contributed by atoms with Crippen LogP contribution in [0.25, 0.3) is 0 Å². The van der Waals surface area contributed by atoms with Gasteiger partial charge < -0.3 is 11.1 Å². The minimum Gasteiger partial charge on any atom is -0.397 e. The highest BCUT2D eigenvalue weighted by Gasteiger charge is 2.19. The van der Waals surface area contributed by atoms with Crippen molar-refractivity contribution in [2.45, 2.75) is 43.4 Å². The molecule has 0 aliphatic heterocycles. The zero-order valence-corrected chi connectivity index (χ0v) is 22.0. The maximum absolute atomic E-state index is 13.0. The number of benzene rings is 3. The summed E-state index contributed by atoms with van der Waals surface area (Å²) in [6, 6.07) is 14.9. The number of carbonyl (C=O) groups excluding carboxylic acids is 1. The second-order valence-electron chi connectivity index (χ2n) is 8.41. The number of hydrogen-bond acceptors (Lipinski definition) is 6. The lowest BCUT2D eigenvalue weighted by molar-refractivity contribution is 0.102. The van der Waals surface area contributed by atoms with E-state index >= 15 is 0 Å². The minimum absolute atomic E-state index is 0.0444. The molecular weight excluding hydrogens is 500 g/mol. The molecule has 0 aliphatic carbocycles. The molecule has 0 spiro atoms. The fourth-order valence-corrected chi connectivity index (χ4v) is 5.68. The van der Waals surface area contributed by atoms with Gasteiger partial charge in [-0.05, 0) is 68.3 Å². The molecule has 192 valence electrons. The van der Waals surface area contributed by atoms with Crippen LogP contribution < -0.4 is 20.5 Å². The molecule has 1 amide bonds. The van der Waals surface area contributed by atoms with Crippen molar-refractivity contribution in [1.82, 2.24) is 4.72 Å². The molecule has 11 heteroatoms. The van der Waals surface area contributed by atoms with Crippen molar-refractivity contribution in [2.24, 2.45) is 0 Å². The van der Waals surface area contributed by atoms with Crippen molar-refractivity contribution in [3.05, 3.63) is 77.4 Å². The molecule has 0 radical (unpaired) electrons. The van der Waals surface area contributed by atoms with E-state index in [1.807, 2.05) is 19.9 Å². The van der Waals surface area contributed by atoms with Gasteiger partial charge in [-0.2, -0.15) is 0 Å². The van der Waals surface area contributed by atoms with Crippen molar-refractivity contribution < 1.29 is 21.6 Å². The summed E-state index contributed by atoms with van der Waals surface area (Å²) in [5, 5.41) is 2.58. The fourth-order valence-electron chi connectivity index (χ4n) is 3.41. The summed E-state index contributed by atoms with van der Waals surface area (Å²) in [7, 11) is -7.74. The van der Waals surface area contributed by atoms with Crippen molar-refractivity contribution in [2.75, 3.05) is 22.3 Å². The molecule has 3 aromatic rings. The van der Waals surface area contributed by atoms with Crippen LogP contribution in [0.4, 0.5) is 17.1 Å². The van der Waals surface area contributed by atoms with Gasteiger partial charge in [0.25, 0.3) is 15.9 Å². The van der Waals surface area contributed by atoms with Gasteiger partial charge in [0.1, 0.15) is 0 Å². The Hall–Kier alpha value is -3.41. The van der Waals surface area contributed by atoms with E-state index in [1.165, 1.54) is 42.5 Å². The van der Waals surface area contributed by atoms with Gasteiger partial charge in [0.05, 0.1) is 26.9 Å². The summed E-state index contributed by atoms with van der Waals surface area (Å²) < 4.78 is 56.0. The number of unbranched alkanes of at least 4 members (excludes halogenated alkanes) is 1. The Morgan fingerprint density at radius 2 is 1.58 bits per heavy atom. The van der Waals surface area contributed by atoms with Gasteiger partial charge in [0.2, 0.25) is 10.0 Å². The van der Waals surface area contributed by atoms with Gasteiger partial charge in [-0.25, -0.2) is 21.6 Å². The van der Waals surface area contributed by atoms with Gasteiger partial charge in [-0.1, -0.05) is 37.1 Å². The molecule has 0 atom stereocenters. The third-order valence-electron chi connectivity index (χ3n) is 5.44. The molecule has 36 heavy (non-hydrogen) atoms. The molecule has 0 heterocycles. The number of aryl methyl sites for hydroxylation is 2. The number of nitrogens with one attached hydrogen (secondary N) is 3. The Labute approximate surface area is 212 Å². The van der Waals surface area contributed by atoms with Crippen molar-refractivity contribution in [3.8, 4) is 0 Å². The van der Waals surface area contributed by atoms with E-state index in [4.69, 9.17) is 5.73 Å². The Morgan fingerprint density at radius 3 is 2.28 bits per heavy atom. The Bertz CT molecular complexity index is 1490. The minimum atomic E-state index is -3.97. The maximum Gasteiger partial charge on any atom is 0.261 e. The standard InChI is InChI=1S/C25H30N4O5S2/c1-4-5-13-27-35(31,32)21-10-11-22(26)24(16-21)28-25(30)19-7-6-8-20(15-19)36(33,34)29-23-12-9-17(2)14-18(23)3/h6-12,14-16,27,29H,4-5,13,26H2,1-3H3,(H,28,30). The van der Waals surface area contributed by atoms with Gasteiger partial charge in [-0.3, -0.25) is 9.52 Å². The van der Waals surface area contributed by atoms with Crippen molar-refractivity contribution >= 4 is 43.0 Å². The van der Waals surface area contributed by atoms with Crippen LogP contribution in [-0.4, -0.2) is 29.3 Å². The predicted octanol–water partition coefficient (Wildman–Crippen LogP) is 4.02. The van der Waals surface area contributed by atoms with E-state index in [0.717, 1.165) is 17.5 Å². The summed E-state index contributed by atoms with van der Waals surface area (Å²) in [5.74, 6) is -0.640. The van der Waals surface area contributed by atoms with Crippen LogP contribution in [0.1, 0.15) is 41.3 Å². The molecule has 5 N–H and O–H groups in total. The first-order valence-electron chi connectivity index (χ1n) is 11.3. The molecule has 0 saturated heterocycles. The number of sulfonamides is 2. The lowest BCUT2D eigenvalue weighted by atomic mass is 10.1. The van der Waals surface area contributed by atoms with Crippen LogP contribution in [0.3, 0.4) is 0 Å². The van der Waals surface area contributed by atoms with Crippen LogP contribution >= 0.6 is 0 Å². The zero-order valence-electron chi connectivity index (χ0n) is 20.3. The molecular formula is C25H30N4O5S2. The predicted molar refractivity (Wildman–Crippen MR) is 142 cm³/mol. The molecule has 0 saturated carbocycles. The lowest BCUT2D eigenvalue weighted by Crippen LogP contribution is -2.25. The topological polar surface area (TPSA) is 147 Å². The fraction of sp³-hybridized carbons (Fsp3) is 0.240. The second-order valence-corrected chi connectivity index (χ2v) is 11.9. The molecule has 0 bridgehead atoms. The number of anilines is 3. The largest absolute Gasteiger partial charge is 0.397 e. The molecule has 3 rings (SSSR count). The summed E-state index contributed by atoms with van der Waals surface area (Å²) in [6.45, 7) is 5.95. The molecule has 0 aromatic heterocycles. The third-order valence-corrected chi connectivity index (χ3v) is 8.26. The first kappa shape index (κ1) is 27.2. The molecule has 3 aromatic carbocycles. The summed E-state index contributed by atoms with van der Waals surface area (Å²) in [4.78, 5) is 12.8. The summed E-state index contributed by atoms with van der Waals surface area (Å²) in [5.41, 5.74) is 8.48. The second kappa shape index (κ2) is 11.1. The lowest BCUT2D eigenvalue weighted by Gasteiger charge is -2.13. The van der Waals surface area contributed by atoms with Crippen molar-refractivity contribution in [3.63, 3.8) is 0 Å². The average Bonchev–Trinajstić information content (AvgIpc) is 2.82. The summed E-state index contributed by atoms with van der Waals surface area (Å²) in [6.07, 6.45) is 1.52. The summed E-state index contributed by atoms with van der Waals surface area (Å²) >= 11 is 0. The highest BCUT2D eigenvalue weighted by molar-refractivity contribution is 7.92. The number of hydrogen-bond donors (Lipinski definition) is 4.